The molecular weight excluding hydrogens is 330 g/mol. The lowest BCUT2D eigenvalue weighted by atomic mass is 10.1. The number of hydrogen-bond donors (Lipinski definition) is 1. The van der Waals surface area contributed by atoms with Crippen LogP contribution in [0.25, 0.3) is 11.4 Å². The standard InChI is InChI=1S/C16H20BrN3O/c1-4-7-18-15-9-13(10-21-3)19-16(20-15)14-6-5-12(17)8-11(14)2/h5-6,8-9H,4,7,10H2,1-3H3,(H,18,19,20). The molecule has 4 nitrogen and oxygen atoms in total. The van der Waals surface area contributed by atoms with Gasteiger partial charge in [-0.15, -0.1) is 0 Å². The van der Waals surface area contributed by atoms with E-state index in [0.717, 1.165) is 45.9 Å². The zero-order valence-electron chi connectivity index (χ0n) is 12.6. The molecule has 0 unspecified atom stereocenters. The molecule has 5 heteroatoms. The van der Waals surface area contributed by atoms with Crippen molar-refractivity contribution in [3.05, 3.63) is 40.0 Å². The Kier molecular flexibility index (Phi) is 5.70. The molecular formula is C16H20BrN3O. The fourth-order valence-corrected chi connectivity index (χ4v) is 2.54. The van der Waals surface area contributed by atoms with Crippen LogP contribution in [-0.4, -0.2) is 23.6 Å². The van der Waals surface area contributed by atoms with E-state index in [0.29, 0.717) is 6.61 Å². The van der Waals surface area contributed by atoms with Crippen molar-refractivity contribution in [3.63, 3.8) is 0 Å². The molecule has 0 fully saturated rings. The topological polar surface area (TPSA) is 47.0 Å². The first kappa shape index (κ1) is 15.9. The summed E-state index contributed by atoms with van der Waals surface area (Å²) in [4.78, 5) is 9.22. The maximum Gasteiger partial charge on any atom is 0.162 e. The average molecular weight is 350 g/mol. The molecule has 0 radical (unpaired) electrons. The minimum Gasteiger partial charge on any atom is -0.378 e. The third kappa shape index (κ3) is 4.25. The van der Waals surface area contributed by atoms with E-state index >= 15 is 0 Å². The zero-order chi connectivity index (χ0) is 15.2. The van der Waals surface area contributed by atoms with Crippen LogP contribution in [0.15, 0.2) is 28.7 Å². The van der Waals surface area contributed by atoms with Gasteiger partial charge in [0.25, 0.3) is 0 Å². The van der Waals surface area contributed by atoms with Crippen LogP contribution in [0.4, 0.5) is 5.82 Å². The Morgan fingerprint density at radius 1 is 1.24 bits per heavy atom. The van der Waals surface area contributed by atoms with Crippen LogP contribution in [0, 0.1) is 6.92 Å². The summed E-state index contributed by atoms with van der Waals surface area (Å²) in [5, 5.41) is 3.32. The minimum absolute atomic E-state index is 0.478. The highest BCUT2D eigenvalue weighted by atomic mass is 79.9. The maximum absolute atomic E-state index is 5.20. The molecule has 1 aromatic heterocycles. The number of aromatic nitrogens is 2. The van der Waals surface area contributed by atoms with Gasteiger partial charge in [-0.1, -0.05) is 22.9 Å². The molecule has 0 atom stereocenters. The summed E-state index contributed by atoms with van der Waals surface area (Å²) < 4.78 is 6.26. The van der Waals surface area contributed by atoms with E-state index in [4.69, 9.17) is 4.74 Å². The molecule has 112 valence electrons. The number of ether oxygens (including phenoxy) is 1. The van der Waals surface area contributed by atoms with E-state index in [1.807, 2.05) is 18.2 Å². The lowest BCUT2D eigenvalue weighted by Gasteiger charge is -2.11. The molecule has 0 saturated carbocycles. The van der Waals surface area contributed by atoms with Gasteiger partial charge in [0.05, 0.1) is 12.3 Å². The molecule has 0 aliphatic carbocycles. The van der Waals surface area contributed by atoms with Gasteiger partial charge in [-0.3, -0.25) is 0 Å². The number of methoxy groups -OCH3 is 1. The Balaban J connectivity index is 2.43. The normalized spacial score (nSPS) is 10.7. The van der Waals surface area contributed by atoms with Crippen LogP contribution < -0.4 is 5.32 Å². The molecule has 0 saturated heterocycles. The van der Waals surface area contributed by atoms with Gasteiger partial charge in [0.1, 0.15) is 5.82 Å². The van der Waals surface area contributed by atoms with E-state index in [9.17, 15) is 0 Å². The lowest BCUT2D eigenvalue weighted by Crippen LogP contribution is -2.06. The SMILES string of the molecule is CCCNc1cc(COC)nc(-c2ccc(Br)cc2C)n1. The Bertz CT molecular complexity index is 616. The molecule has 2 aromatic rings. The Hall–Kier alpha value is -1.46. The zero-order valence-corrected chi connectivity index (χ0v) is 14.2. The smallest absolute Gasteiger partial charge is 0.162 e. The van der Waals surface area contributed by atoms with E-state index in [1.165, 1.54) is 0 Å². The first-order valence-corrected chi connectivity index (χ1v) is 7.80. The number of hydrogen-bond acceptors (Lipinski definition) is 4. The van der Waals surface area contributed by atoms with Crippen molar-refractivity contribution < 1.29 is 4.74 Å². The highest BCUT2D eigenvalue weighted by Crippen LogP contribution is 2.25. The van der Waals surface area contributed by atoms with Crippen LogP contribution in [0.3, 0.4) is 0 Å². The summed E-state index contributed by atoms with van der Waals surface area (Å²) in [6.07, 6.45) is 1.05. The van der Waals surface area contributed by atoms with Gasteiger partial charge in [-0.2, -0.15) is 0 Å². The number of halogens is 1. The molecule has 1 heterocycles. The van der Waals surface area contributed by atoms with Crippen molar-refractivity contribution in [3.8, 4) is 11.4 Å². The molecule has 2 rings (SSSR count). The van der Waals surface area contributed by atoms with Crippen LogP contribution in [0.2, 0.25) is 0 Å². The summed E-state index contributed by atoms with van der Waals surface area (Å²) in [5.74, 6) is 1.57. The highest BCUT2D eigenvalue weighted by molar-refractivity contribution is 9.10. The molecule has 21 heavy (non-hydrogen) atoms. The number of rotatable bonds is 6. The Labute approximate surface area is 134 Å². The molecule has 0 spiro atoms. The summed E-state index contributed by atoms with van der Waals surface area (Å²) in [5.41, 5.74) is 3.06. The van der Waals surface area contributed by atoms with Gasteiger partial charge in [0, 0.05) is 29.8 Å². The molecule has 1 aromatic carbocycles. The maximum atomic E-state index is 5.20. The van der Waals surface area contributed by atoms with Crippen molar-refractivity contribution in [1.29, 1.82) is 0 Å². The first-order valence-electron chi connectivity index (χ1n) is 7.01. The minimum atomic E-state index is 0.478. The van der Waals surface area contributed by atoms with Crippen LogP contribution >= 0.6 is 15.9 Å². The van der Waals surface area contributed by atoms with Gasteiger partial charge >= 0.3 is 0 Å². The molecule has 0 aliphatic heterocycles. The van der Waals surface area contributed by atoms with E-state index < -0.39 is 0 Å². The second kappa shape index (κ2) is 7.52. The van der Waals surface area contributed by atoms with Gasteiger partial charge in [-0.05, 0) is 37.1 Å². The van der Waals surface area contributed by atoms with Crippen LogP contribution in [0.5, 0.6) is 0 Å². The number of aryl methyl sites for hydroxylation is 1. The van der Waals surface area contributed by atoms with Gasteiger partial charge in [0.2, 0.25) is 0 Å². The van der Waals surface area contributed by atoms with Crippen molar-refractivity contribution in [2.75, 3.05) is 19.0 Å². The van der Waals surface area contributed by atoms with E-state index in [2.05, 4.69) is 51.1 Å². The van der Waals surface area contributed by atoms with Gasteiger partial charge in [0.15, 0.2) is 5.82 Å². The van der Waals surface area contributed by atoms with Crippen LogP contribution in [-0.2, 0) is 11.3 Å². The van der Waals surface area contributed by atoms with Crippen molar-refractivity contribution in [1.82, 2.24) is 9.97 Å². The van der Waals surface area contributed by atoms with Gasteiger partial charge in [-0.25, -0.2) is 9.97 Å². The van der Waals surface area contributed by atoms with Crippen LogP contribution in [0.1, 0.15) is 24.6 Å². The third-order valence-electron chi connectivity index (χ3n) is 3.06. The fourth-order valence-electron chi connectivity index (χ4n) is 2.06. The quantitative estimate of drug-likeness (QED) is 0.849. The third-order valence-corrected chi connectivity index (χ3v) is 3.55. The predicted octanol–water partition coefficient (Wildman–Crippen LogP) is 4.18. The highest BCUT2D eigenvalue weighted by Gasteiger charge is 2.09. The average Bonchev–Trinajstić information content (AvgIpc) is 2.45. The van der Waals surface area contributed by atoms with Crippen molar-refractivity contribution in [2.45, 2.75) is 26.9 Å². The largest absolute Gasteiger partial charge is 0.378 e. The number of benzene rings is 1. The summed E-state index contributed by atoms with van der Waals surface area (Å²) >= 11 is 3.48. The van der Waals surface area contributed by atoms with Crippen molar-refractivity contribution in [2.24, 2.45) is 0 Å². The molecule has 0 amide bonds. The summed E-state index contributed by atoms with van der Waals surface area (Å²) in [6, 6.07) is 8.06. The Morgan fingerprint density at radius 2 is 2.05 bits per heavy atom. The number of nitrogens with one attached hydrogen (secondary N) is 1. The molecule has 0 aliphatic rings. The summed E-state index contributed by atoms with van der Waals surface area (Å²) in [6.45, 7) is 5.56. The Morgan fingerprint density at radius 3 is 2.71 bits per heavy atom. The second-order valence-electron chi connectivity index (χ2n) is 4.89. The fraction of sp³-hybridized carbons (Fsp3) is 0.375. The van der Waals surface area contributed by atoms with Crippen molar-refractivity contribution >= 4 is 21.7 Å². The second-order valence-corrected chi connectivity index (χ2v) is 5.80. The number of nitrogens with zero attached hydrogens (tertiary/aromatic N) is 2. The van der Waals surface area contributed by atoms with E-state index in [-0.39, 0.29) is 0 Å². The molecule has 1 N–H and O–H groups in total. The number of anilines is 1. The predicted molar refractivity (Wildman–Crippen MR) is 89.4 cm³/mol. The van der Waals surface area contributed by atoms with E-state index in [1.54, 1.807) is 7.11 Å². The molecule has 0 bridgehead atoms. The monoisotopic (exact) mass is 349 g/mol. The lowest BCUT2D eigenvalue weighted by molar-refractivity contribution is 0.181. The first-order chi connectivity index (χ1) is 10.1. The van der Waals surface area contributed by atoms with Gasteiger partial charge < -0.3 is 10.1 Å². The summed E-state index contributed by atoms with van der Waals surface area (Å²) in [7, 11) is 1.67.